The fourth-order valence-corrected chi connectivity index (χ4v) is 2.07. The molecule has 0 saturated carbocycles. The minimum absolute atomic E-state index is 0.251. The van der Waals surface area contributed by atoms with Gasteiger partial charge in [0.1, 0.15) is 0 Å². The second kappa shape index (κ2) is 5.13. The lowest BCUT2D eigenvalue weighted by atomic mass is 9.74. The van der Waals surface area contributed by atoms with E-state index in [2.05, 4.69) is 0 Å². The van der Waals surface area contributed by atoms with Crippen molar-refractivity contribution < 1.29 is 10.2 Å². The van der Waals surface area contributed by atoms with Crippen molar-refractivity contribution in [3.8, 4) is 0 Å². The van der Waals surface area contributed by atoms with Crippen LogP contribution in [0.15, 0.2) is 0 Å². The summed E-state index contributed by atoms with van der Waals surface area (Å²) in [4.78, 5) is 0. The Hall–Kier alpha value is -0.0800. The van der Waals surface area contributed by atoms with Crippen molar-refractivity contribution in [2.75, 3.05) is 0 Å². The smallest absolute Gasteiger partial charge is 0.0910 e. The van der Waals surface area contributed by atoms with Crippen molar-refractivity contribution >= 4 is 0 Å². The molecule has 0 radical (unpaired) electrons. The fourth-order valence-electron chi connectivity index (χ4n) is 2.07. The average Bonchev–Trinajstić information content (AvgIpc) is 2.02. The molecule has 0 aliphatic carbocycles. The van der Waals surface area contributed by atoms with E-state index < -0.39 is 11.7 Å². The van der Waals surface area contributed by atoms with Gasteiger partial charge in [-0.2, -0.15) is 0 Å². The van der Waals surface area contributed by atoms with Gasteiger partial charge in [0, 0.05) is 0 Å². The Morgan fingerprint density at radius 2 is 1.36 bits per heavy atom. The lowest BCUT2D eigenvalue weighted by Crippen LogP contribution is -2.49. The highest BCUT2D eigenvalue weighted by Gasteiger charge is 2.40. The first-order valence-corrected chi connectivity index (χ1v) is 5.68. The van der Waals surface area contributed by atoms with Crippen LogP contribution in [0.4, 0.5) is 0 Å². The fraction of sp³-hybridized carbons (Fsp3) is 1.00. The van der Waals surface area contributed by atoms with Gasteiger partial charge in [0.15, 0.2) is 0 Å². The molecule has 0 rings (SSSR count). The van der Waals surface area contributed by atoms with Gasteiger partial charge < -0.3 is 10.2 Å². The molecule has 1 atom stereocenters. The van der Waals surface area contributed by atoms with E-state index in [1.165, 1.54) is 0 Å². The maximum absolute atomic E-state index is 10.4. The summed E-state index contributed by atoms with van der Waals surface area (Å²) in [6.45, 7) is 9.97. The monoisotopic (exact) mass is 202 g/mol. The normalized spacial score (nSPS) is 15.6. The van der Waals surface area contributed by atoms with Crippen molar-refractivity contribution in [2.45, 2.75) is 72.0 Å². The third kappa shape index (κ3) is 3.58. The van der Waals surface area contributed by atoms with Crippen LogP contribution in [0, 0.1) is 5.41 Å². The quantitative estimate of drug-likeness (QED) is 0.719. The van der Waals surface area contributed by atoms with E-state index in [4.69, 9.17) is 0 Å². The molecule has 14 heavy (non-hydrogen) atoms. The number of aliphatic hydroxyl groups excluding tert-OH is 1. The van der Waals surface area contributed by atoms with Crippen molar-refractivity contribution in [3.05, 3.63) is 0 Å². The van der Waals surface area contributed by atoms with E-state index in [1.807, 2.05) is 34.6 Å². The predicted octanol–water partition coefficient (Wildman–Crippen LogP) is 2.72. The molecule has 86 valence electrons. The molecule has 2 N–H and O–H groups in total. The summed E-state index contributed by atoms with van der Waals surface area (Å²) >= 11 is 0. The molecular formula is C12H26O2. The van der Waals surface area contributed by atoms with Crippen LogP contribution in [-0.2, 0) is 0 Å². The van der Waals surface area contributed by atoms with Crippen molar-refractivity contribution in [1.82, 2.24) is 0 Å². The number of rotatable bonds is 5. The predicted molar refractivity (Wildman–Crippen MR) is 60.2 cm³/mol. The number of hydrogen-bond acceptors (Lipinski definition) is 2. The summed E-state index contributed by atoms with van der Waals surface area (Å²) < 4.78 is 0. The highest BCUT2D eigenvalue weighted by Crippen LogP contribution is 2.34. The molecule has 0 fully saturated rings. The molecule has 2 nitrogen and oxygen atoms in total. The summed E-state index contributed by atoms with van der Waals surface area (Å²) in [6, 6.07) is 0. The standard InChI is InChI=1S/C12H26O2/c1-6-8-12(14,9-7-2)10(13)11(3,4)5/h10,13-14H,6-9H2,1-5H3. The van der Waals surface area contributed by atoms with Gasteiger partial charge in [0.05, 0.1) is 11.7 Å². The van der Waals surface area contributed by atoms with Crippen molar-refractivity contribution in [2.24, 2.45) is 5.41 Å². The Kier molecular flexibility index (Phi) is 5.10. The van der Waals surface area contributed by atoms with Gasteiger partial charge in [-0.1, -0.05) is 47.5 Å². The van der Waals surface area contributed by atoms with Crippen molar-refractivity contribution in [1.29, 1.82) is 0 Å². The van der Waals surface area contributed by atoms with Crippen LogP contribution in [0.3, 0.4) is 0 Å². The van der Waals surface area contributed by atoms with Crippen molar-refractivity contribution in [3.63, 3.8) is 0 Å². The second-order valence-corrected chi connectivity index (χ2v) is 5.37. The van der Waals surface area contributed by atoms with E-state index in [0.717, 1.165) is 12.8 Å². The molecule has 0 spiro atoms. The van der Waals surface area contributed by atoms with Crippen LogP contribution in [-0.4, -0.2) is 21.9 Å². The van der Waals surface area contributed by atoms with Gasteiger partial charge in [-0.15, -0.1) is 0 Å². The third-order valence-electron chi connectivity index (χ3n) is 2.70. The minimum atomic E-state index is -0.901. The Labute approximate surface area is 88.3 Å². The first-order valence-electron chi connectivity index (χ1n) is 5.68. The molecule has 1 unspecified atom stereocenters. The van der Waals surface area contributed by atoms with Gasteiger partial charge in [0.25, 0.3) is 0 Å². The summed E-state index contributed by atoms with van der Waals surface area (Å²) in [6.07, 6.45) is 2.53. The molecule has 2 heteroatoms. The topological polar surface area (TPSA) is 40.5 Å². The van der Waals surface area contributed by atoms with E-state index in [9.17, 15) is 10.2 Å². The van der Waals surface area contributed by atoms with Crippen LogP contribution in [0.2, 0.25) is 0 Å². The molecule has 0 aromatic rings. The molecule has 0 aliphatic rings. The zero-order valence-electron chi connectivity index (χ0n) is 10.3. The van der Waals surface area contributed by atoms with E-state index in [1.54, 1.807) is 0 Å². The highest BCUT2D eigenvalue weighted by atomic mass is 16.3. The van der Waals surface area contributed by atoms with Gasteiger partial charge >= 0.3 is 0 Å². The summed E-state index contributed by atoms with van der Waals surface area (Å²) in [5.74, 6) is 0. The molecule has 0 amide bonds. The first-order chi connectivity index (χ1) is 6.28. The molecule has 0 bridgehead atoms. The Bertz CT molecular complexity index is 152. The molecular weight excluding hydrogens is 176 g/mol. The van der Waals surface area contributed by atoms with E-state index >= 15 is 0 Å². The second-order valence-electron chi connectivity index (χ2n) is 5.37. The summed E-state index contributed by atoms with van der Waals surface area (Å²) in [5, 5.41) is 20.5. The summed E-state index contributed by atoms with van der Waals surface area (Å²) in [7, 11) is 0. The molecule has 0 aliphatic heterocycles. The van der Waals surface area contributed by atoms with Gasteiger partial charge in [-0.05, 0) is 18.3 Å². The van der Waals surface area contributed by atoms with Crippen LogP contribution < -0.4 is 0 Å². The maximum atomic E-state index is 10.4. The zero-order chi connectivity index (χ0) is 11.4. The lowest BCUT2D eigenvalue weighted by Gasteiger charge is -2.40. The molecule has 0 aromatic heterocycles. The van der Waals surface area contributed by atoms with E-state index in [0.29, 0.717) is 12.8 Å². The Morgan fingerprint density at radius 1 is 1.00 bits per heavy atom. The number of hydrogen-bond donors (Lipinski definition) is 2. The summed E-state index contributed by atoms with van der Waals surface area (Å²) in [5.41, 5.74) is -1.15. The van der Waals surface area contributed by atoms with Gasteiger partial charge in [-0.25, -0.2) is 0 Å². The van der Waals surface area contributed by atoms with Crippen LogP contribution in [0.25, 0.3) is 0 Å². The van der Waals surface area contributed by atoms with Gasteiger partial charge in [-0.3, -0.25) is 0 Å². The molecule has 0 heterocycles. The van der Waals surface area contributed by atoms with Crippen LogP contribution in [0.1, 0.15) is 60.3 Å². The Morgan fingerprint density at radius 3 is 1.57 bits per heavy atom. The van der Waals surface area contributed by atoms with Gasteiger partial charge in [0.2, 0.25) is 0 Å². The third-order valence-corrected chi connectivity index (χ3v) is 2.70. The highest BCUT2D eigenvalue weighted by molar-refractivity contribution is 4.92. The SMILES string of the molecule is CCCC(O)(CCC)C(O)C(C)(C)C. The maximum Gasteiger partial charge on any atom is 0.0910 e. The lowest BCUT2D eigenvalue weighted by molar-refractivity contribution is -0.129. The first kappa shape index (κ1) is 13.9. The van der Waals surface area contributed by atoms with Crippen LogP contribution >= 0.6 is 0 Å². The average molecular weight is 202 g/mol. The Balaban J connectivity index is 4.63. The largest absolute Gasteiger partial charge is 0.390 e. The van der Waals surface area contributed by atoms with E-state index in [-0.39, 0.29) is 5.41 Å². The number of aliphatic hydroxyl groups is 2. The minimum Gasteiger partial charge on any atom is -0.390 e. The zero-order valence-corrected chi connectivity index (χ0v) is 10.3. The molecule has 0 aromatic carbocycles. The van der Waals surface area contributed by atoms with Crippen LogP contribution in [0.5, 0.6) is 0 Å². The molecule has 0 saturated heterocycles.